The molecule has 0 saturated carbocycles. The van der Waals surface area contributed by atoms with E-state index < -0.39 is 9.52 Å². The molecule has 1 aromatic heterocycles. The second kappa shape index (κ2) is 15.5. The van der Waals surface area contributed by atoms with Gasteiger partial charge in [0.15, 0.2) is 0 Å². The Morgan fingerprint density at radius 3 is 1.42 bits per heavy atom. The molecule has 0 unspecified atom stereocenters. The van der Waals surface area contributed by atoms with Crippen molar-refractivity contribution in [3.8, 4) is 0 Å². The highest BCUT2D eigenvalue weighted by Crippen LogP contribution is 2.34. The lowest BCUT2D eigenvalue weighted by atomic mass is 9.37. The Morgan fingerprint density at radius 2 is 1.05 bits per heavy atom. The number of aromatic nitrogens is 2. The summed E-state index contributed by atoms with van der Waals surface area (Å²) in [6.07, 6.45) is 11.6. The number of allylic oxidation sites excluding steroid dienone is 2. The van der Waals surface area contributed by atoms with E-state index in [-0.39, 0.29) is 5.16 Å². The van der Waals surface area contributed by atoms with Gasteiger partial charge in [-0.2, -0.15) is 0 Å². The highest BCUT2D eigenvalue weighted by molar-refractivity contribution is 6.95. The summed E-state index contributed by atoms with van der Waals surface area (Å²) in [6.45, 7) is 2.41. The van der Waals surface area contributed by atoms with Crippen molar-refractivity contribution < 1.29 is 0 Å². The van der Waals surface area contributed by atoms with Gasteiger partial charge in [0.1, 0.15) is 0 Å². The van der Waals surface area contributed by atoms with Crippen molar-refractivity contribution in [2.75, 3.05) is 0 Å². The van der Waals surface area contributed by atoms with Crippen LogP contribution in [0.5, 0.6) is 0 Å². The average Bonchev–Trinajstić information content (AvgIpc) is 3.63. The smallest absolute Gasteiger partial charge is 0.241 e. The first-order chi connectivity index (χ1) is 21.3. The highest BCUT2D eigenvalue weighted by atomic mass is 28.2. The number of hydrogen-bond acceptors (Lipinski definition) is 1. The molecule has 0 fully saturated rings. The molecule has 212 valence electrons. The molecule has 0 aliphatic heterocycles. The number of rotatable bonds is 10. The van der Waals surface area contributed by atoms with Crippen LogP contribution in [0, 0.1) is 0 Å². The predicted octanol–water partition coefficient (Wildman–Crippen LogP) is 6.39. The number of imidazole rings is 1. The molecule has 0 radical (unpaired) electrons. The lowest BCUT2D eigenvalue weighted by Gasteiger charge is -2.36. The SMILES string of the molecule is CC=CCC[SiH2]C(c1ccccc1)(c1ccccc1)n1ccnc1.c1ccc(B(c2ccccc2)c2ccccc2)cc1. The Labute approximate surface area is 259 Å². The molecule has 1 heterocycles. The Morgan fingerprint density at radius 1 is 0.628 bits per heavy atom. The second-order valence-electron chi connectivity index (χ2n) is 10.7. The van der Waals surface area contributed by atoms with E-state index in [1.807, 2.05) is 12.5 Å². The van der Waals surface area contributed by atoms with Gasteiger partial charge in [0.05, 0.1) is 21.0 Å². The predicted molar refractivity (Wildman–Crippen MR) is 188 cm³/mol. The zero-order chi connectivity index (χ0) is 29.6. The average molecular weight is 575 g/mol. The van der Waals surface area contributed by atoms with E-state index in [1.165, 1.54) is 33.6 Å². The topological polar surface area (TPSA) is 17.8 Å². The van der Waals surface area contributed by atoms with Crippen LogP contribution in [0.3, 0.4) is 0 Å². The monoisotopic (exact) mass is 574 g/mol. The fourth-order valence-electron chi connectivity index (χ4n) is 5.95. The molecule has 0 spiro atoms. The molecule has 4 heteroatoms. The van der Waals surface area contributed by atoms with E-state index in [0.717, 1.165) is 6.42 Å². The summed E-state index contributed by atoms with van der Waals surface area (Å²) < 4.78 is 2.32. The van der Waals surface area contributed by atoms with E-state index in [2.05, 4.69) is 186 Å². The van der Waals surface area contributed by atoms with Gasteiger partial charge in [0.25, 0.3) is 0 Å². The fourth-order valence-corrected chi connectivity index (χ4v) is 8.40. The molecule has 0 aliphatic rings. The van der Waals surface area contributed by atoms with E-state index in [9.17, 15) is 0 Å². The first-order valence-electron chi connectivity index (χ1n) is 15.2. The molecule has 5 aromatic carbocycles. The summed E-state index contributed by atoms with van der Waals surface area (Å²) in [6, 6.07) is 55.1. The first-order valence-corrected chi connectivity index (χ1v) is 16.9. The fraction of sp³-hybridized carbons (Fsp3) is 0.103. The molecule has 6 aromatic rings. The van der Waals surface area contributed by atoms with E-state index in [0.29, 0.717) is 6.71 Å². The van der Waals surface area contributed by atoms with Crippen LogP contribution in [-0.2, 0) is 5.16 Å². The quantitative estimate of drug-likeness (QED) is 0.105. The van der Waals surface area contributed by atoms with Gasteiger partial charge in [-0.1, -0.05) is 186 Å². The van der Waals surface area contributed by atoms with Crippen LogP contribution < -0.4 is 16.4 Å². The van der Waals surface area contributed by atoms with Crippen molar-refractivity contribution in [1.82, 2.24) is 9.55 Å². The van der Waals surface area contributed by atoms with Crippen LogP contribution in [0.2, 0.25) is 6.04 Å². The van der Waals surface area contributed by atoms with Crippen LogP contribution in [0.25, 0.3) is 0 Å². The summed E-state index contributed by atoms with van der Waals surface area (Å²) in [5, 5.41) is -0.0827. The molecule has 0 atom stereocenters. The summed E-state index contributed by atoms with van der Waals surface area (Å²) in [5.74, 6) is 0. The summed E-state index contributed by atoms with van der Waals surface area (Å²) >= 11 is 0. The maximum atomic E-state index is 4.35. The van der Waals surface area contributed by atoms with Gasteiger partial charge < -0.3 is 4.57 Å². The van der Waals surface area contributed by atoms with Gasteiger partial charge in [-0.05, 0) is 24.5 Å². The van der Waals surface area contributed by atoms with Crippen LogP contribution in [0.4, 0.5) is 0 Å². The molecule has 0 bridgehead atoms. The minimum atomic E-state index is -0.496. The van der Waals surface area contributed by atoms with Crippen molar-refractivity contribution in [3.63, 3.8) is 0 Å². The molecule has 0 saturated heterocycles. The molecular weight excluding hydrogens is 535 g/mol. The minimum Gasteiger partial charge on any atom is -0.327 e. The van der Waals surface area contributed by atoms with Gasteiger partial charge in [-0.3, -0.25) is 0 Å². The third-order valence-corrected chi connectivity index (χ3v) is 10.7. The van der Waals surface area contributed by atoms with Crippen molar-refractivity contribution >= 4 is 32.6 Å². The Kier molecular flexibility index (Phi) is 10.8. The second-order valence-corrected chi connectivity index (χ2v) is 12.9. The molecule has 0 amide bonds. The van der Waals surface area contributed by atoms with Crippen LogP contribution in [0.1, 0.15) is 24.5 Å². The van der Waals surface area contributed by atoms with Gasteiger partial charge >= 0.3 is 0 Å². The third-order valence-electron chi connectivity index (χ3n) is 7.99. The van der Waals surface area contributed by atoms with Gasteiger partial charge in [-0.25, -0.2) is 4.98 Å². The van der Waals surface area contributed by atoms with Crippen molar-refractivity contribution in [1.29, 1.82) is 0 Å². The Hall–Kier alpha value is -4.67. The highest BCUT2D eigenvalue weighted by Gasteiger charge is 2.35. The first kappa shape index (κ1) is 29.8. The van der Waals surface area contributed by atoms with Crippen LogP contribution in [0.15, 0.2) is 183 Å². The molecular formula is C39H39BN2Si. The normalized spacial score (nSPS) is 11.4. The minimum absolute atomic E-state index is 0.0827. The molecule has 6 rings (SSSR count). The molecule has 2 nitrogen and oxygen atoms in total. The summed E-state index contributed by atoms with van der Waals surface area (Å²) in [5.41, 5.74) is 6.72. The molecule has 0 N–H and O–H groups in total. The molecule has 0 aliphatic carbocycles. The number of benzene rings is 5. The van der Waals surface area contributed by atoms with Gasteiger partial charge in [-0.15, -0.1) is 0 Å². The van der Waals surface area contributed by atoms with E-state index in [1.54, 1.807) is 0 Å². The Balaban J connectivity index is 0.000000176. The van der Waals surface area contributed by atoms with Gasteiger partial charge in [0.2, 0.25) is 6.71 Å². The maximum Gasteiger partial charge on any atom is 0.241 e. The van der Waals surface area contributed by atoms with Gasteiger partial charge in [0, 0.05) is 12.4 Å². The summed E-state index contributed by atoms with van der Waals surface area (Å²) in [7, 11) is -0.496. The lowest BCUT2D eigenvalue weighted by molar-refractivity contribution is 0.590. The standard InChI is InChI=1S/C21H24N2Si.C18H15B/c1-2-3-10-17-24-21(23-16-15-22-18-23,19-11-6-4-7-12-19)20-13-8-5-9-14-20;1-4-10-16(11-5-1)19(17-12-6-2-7-13-17)18-14-8-3-9-15-18/h2-9,11-16,18H,10,17,24H2,1H3;1-15H. The van der Waals surface area contributed by atoms with Crippen molar-refractivity contribution in [2.45, 2.75) is 24.6 Å². The van der Waals surface area contributed by atoms with Crippen molar-refractivity contribution in [3.05, 3.63) is 194 Å². The zero-order valence-electron chi connectivity index (χ0n) is 24.9. The zero-order valence-corrected chi connectivity index (χ0v) is 26.3. The number of hydrogen-bond donors (Lipinski definition) is 0. The van der Waals surface area contributed by atoms with Crippen molar-refractivity contribution in [2.24, 2.45) is 0 Å². The van der Waals surface area contributed by atoms with Crippen LogP contribution in [-0.4, -0.2) is 25.8 Å². The third kappa shape index (κ3) is 7.40. The van der Waals surface area contributed by atoms with E-state index >= 15 is 0 Å². The molecule has 43 heavy (non-hydrogen) atoms. The number of nitrogens with zero attached hydrogens (tertiary/aromatic N) is 2. The van der Waals surface area contributed by atoms with E-state index in [4.69, 9.17) is 0 Å². The summed E-state index contributed by atoms with van der Waals surface area (Å²) in [4.78, 5) is 4.35. The Bertz CT molecular complexity index is 1490. The maximum absolute atomic E-state index is 4.35. The largest absolute Gasteiger partial charge is 0.327 e. The lowest BCUT2D eigenvalue weighted by Crippen LogP contribution is -2.51. The van der Waals surface area contributed by atoms with Crippen LogP contribution >= 0.6 is 0 Å².